The van der Waals surface area contributed by atoms with E-state index in [1.807, 2.05) is 31.1 Å². The highest BCUT2D eigenvalue weighted by Crippen LogP contribution is 2.37. The molecule has 0 saturated carbocycles. The fourth-order valence-electron chi connectivity index (χ4n) is 1.81. The van der Waals surface area contributed by atoms with Gasteiger partial charge in [0.25, 0.3) is 0 Å². The summed E-state index contributed by atoms with van der Waals surface area (Å²) in [5.41, 5.74) is 1.19. The molecule has 0 aliphatic carbocycles. The van der Waals surface area contributed by atoms with E-state index in [0.29, 0.717) is 6.04 Å². The van der Waals surface area contributed by atoms with Gasteiger partial charge >= 0.3 is 0 Å². The molecule has 0 aliphatic rings. The van der Waals surface area contributed by atoms with Crippen LogP contribution < -0.4 is 10.2 Å². The minimum atomic E-state index is 0.299. The number of anilines is 1. The molecule has 2 aromatic rings. The van der Waals surface area contributed by atoms with Gasteiger partial charge in [0.1, 0.15) is 0 Å². The lowest BCUT2D eigenvalue weighted by atomic mass is 10.1. The lowest BCUT2D eigenvalue weighted by molar-refractivity contribution is 0.598. The van der Waals surface area contributed by atoms with Gasteiger partial charge in [0.15, 0.2) is 4.34 Å². The molecule has 7 heteroatoms. The Hall–Kier alpha value is -0.820. The van der Waals surface area contributed by atoms with Crippen LogP contribution in [-0.2, 0) is 0 Å². The zero-order chi connectivity index (χ0) is 15.4. The molecule has 0 bridgehead atoms. The quantitative estimate of drug-likeness (QED) is 0.856. The first kappa shape index (κ1) is 16.5. The summed E-state index contributed by atoms with van der Waals surface area (Å²) in [6.45, 7) is 5.17. The molecule has 4 nitrogen and oxygen atoms in total. The van der Waals surface area contributed by atoms with Crippen LogP contribution in [0.15, 0.2) is 27.4 Å². The zero-order valence-corrected chi connectivity index (χ0v) is 14.9. The number of hydrogen-bond donors (Lipinski definition) is 1. The maximum atomic E-state index is 6.39. The molecule has 0 amide bonds. The molecule has 1 aromatic heterocycles. The minimum absolute atomic E-state index is 0.299. The molecule has 114 valence electrons. The van der Waals surface area contributed by atoms with Gasteiger partial charge in [0.05, 0.1) is 5.02 Å². The Labute approximate surface area is 138 Å². The normalized spacial score (nSPS) is 12.4. The number of nitrogens with one attached hydrogen (secondary N) is 1. The molecule has 0 aliphatic heterocycles. The summed E-state index contributed by atoms with van der Waals surface area (Å²) in [6, 6.07) is 6.47. The average molecular weight is 343 g/mol. The lowest BCUT2D eigenvalue weighted by Crippen LogP contribution is -2.17. The van der Waals surface area contributed by atoms with Crippen LogP contribution in [0.3, 0.4) is 0 Å². The SMILES string of the molecule is CCNC(C)c1ccc(Sc2nnc(N(C)C)s2)c(Cl)c1. The second-order valence-corrected chi connectivity index (χ2v) is 7.47. The lowest BCUT2D eigenvalue weighted by Gasteiger charge is -2.13. The summed E-state index contributed by atoms with van der Waals surface area (Å²) < 4.78 is 0.896. The third-order valence-electron chi connectivity index (χ3n) is 2.94. The number of nitrogens with zero attached hydrogens (tertiary/aromatic N) is 3. The van der Waals surface area contributed by atoms with Crippen molar-refractivity contribution in [2.24, 2.45) is 0 Å². The summed E-state index contributed by atoms with van der Waals surface area (Å²) in [6.07, 6.45) is 0. The van der Waals surface area contributed by atoms with Crippen molar-refractivity contribution < 1.29 is 0 Å². The Morgan fingerprint density at radius 3 is 2.71 bits per heavy atom. The van der Waals surface area contributed by atoms with E-state index in [4.69, 9.17) is 11.6 Å². The number of benzene rings is 1. The monoisotopic (exact) mass is 342 g/mol. The van der Waals surface area contributed by atoms with Crippen molar-refractivity contribution in [1.29, 1.82) is 0 Å². The fourth-order valence-corrected chi connectivity index (χ4v) is 3.84. The second-order valence-electron chi connectivity index (χ2n) is 4.82. The van der Waals surface area contributed by atoms with E-state index in [9.17, 15) is 0 Å². The molecule has 1 atom stereocenters. The number of halogens is 1. The minimum Gasteiger partial charge on any atom is -0.353 e. The molecule has 1 N–H and O–H groups in total. The topological polar surface area (TPSA) is 41.1 Å². The molecule has 0 saturated heterocycles. The van der Waals surface area contributed by atoms with Crippen LogP contribution in [-0.4, -0.2) is 30.8 Å². The Morgan fingerprint density at radius 2 is 2.14 bits per heavy atom. The highest BCUT2D eigenvalue weighted by molar-refractivity contribution is 8.01. The van der Waals surface area contributed by atoms with E-state index in [-0.39, 0.29) is 0 Å². The summed E-state index contributed by atoms with van der Waals surface area (Å²) in [4.78, 5) is 2.95. The number of rotatable bonds is 6. The summed E-state index contributed by atoms with van der Waals surface area (Å²) in [5.74, 6) is 0. The van der Waals surface area contributed by atoms with Crippen LogP contribution >= 0.6 is 34.7 Å². The largest absolute Gasteiger partial charge is 0.353 e. The molecule has 0 radical (unpaired) electrons. The van der Waals surface area contributed by atoms with Crippen molar-refractivity contribution in [2.75, 3.05) is 25.5 Å². The Balaban J connectivity index is 2.13. The van der Waals surface area contributed by atoms with Crippen molar-refractivity contribution >= 4 is 39.8 Å². The van der Waals surface area contributed by atoms with Gasteiger partial charge in [-0.15, -0.1) is 10.2 Å². The molecule has 1 aromatic carbocycles. The van der Waals surface area contributed by atoms with Crippen molar-refractivity contribution in [3.8, 4) is 0 Å². The standard InChI is InChI=1S/C14H19ClN4S2/c1-5-16-9(2)10-6-7-12(11(15)8-10)20-14-18-17-13(21-14)19(3)4/h6-9,16H,5H2,1-4H3. The molecular formula is C14H19ClN4S2. The molecule has 2 rings (SSSR count). The van der Waals surface area contributed by atoms with E-state index in [2.05, 4.69) is 35.4 Å². The van der Waals surface area contributed by atoms with E-state index >= 15 is 0 Å². The predicted octanol–water partition coefficient (Wildman–Crippen LogP) is 4.08. The van der Waals surface area contributed by atoms with Crippen molar-refractivity contribution in [3.05, 3.63) is 28.8 Å². The Bertz CT molecular complexity index is 600. The highest BCUT2D eigenvalue weighted by Gasteiger charge is 2.11. The molecule has 0 spiro atoms. The predicted molar refractivity (Wildman–Crippen MR) is 91.9 cm³/mol. The average Bonchev–Trinajstić information content (AvgIpc) is 2.90. The van der Waals surface area contributed by atoms with E-state index in [0.717, 1.165) is 25.9 Å². The van der Waals surface area contributed by atoms with Gasteiger partial charge in [-0.1, -0.05) is 47.7 Å². The third-order valence-corrected chi connectivity index (χ3v) is 5.58. The fraction of sp³-hybridized carbons (Fsp3) is 0.429. The molecule has 21 heavy (non-hydrogen) atoms. The van der Waals surface area contributed by atoms with Gasteiger partial charge in [0, 0.05) is 25.0 Å². The summed E-state index contributed by atoms with van der Waals surface area (Å²) in [7, 11) is 3.91. The molecule has 1 unspecified atom stereocenters. The maximum absolute atomic E-state index is 6.39. The van der Waals surface area contributed by atoms with Crippen molar-refractivity contribution in [3.63, 3.8) is 0 Å². The van der Waals surface area contributed by atoms with Crippen LogP contribution in [0.5, 0.6) is 0 Å². The van der Waals surface area contributed by atoms with Gasteiger partial charge < -0.3 is 10.2 Å². The zero-order valence-electron chi connectivity index (χ0n) is 12.6. The highest BCUT2D eigenvalue weighted by atomic mass is 35.5. The first-order chi connectivity index (χ1) is 10.0. The summed E-state index contributed by atoms with van der Waals surface area (Å²) in [5, 5.41) is 13.3. The molecular weight excluding hydrogens is 324 g/mol. The molecule has 1 heterocycles. The van der Waals surface area contributed by atoms with Crippen LogP contribution in [0.2, 0.25) is 5.02 Å². The Kier molecular flexibility index (Phi) is 5.87. The van der Waals surface area contributed by atoms with Crippen LogP contribution in [0, 0.1) is 0 Å². The van der Waals surface area contributed by atoms with E-state index < -0.39 is 0 Å². The third kappa shape index (κ3) is 4.32. The number of aromatic nitrogens is 2. The van der Waals surface area contributed by atoms with E-state index in [1.165, 1.54) is 5.56 Å². The van der Waals surface area contributed by atoms with Crippen LogP contribution in [0.4, 0.5) is 5.13 Å². The van der Waals surface area contributed by atoms with Crippen molar-refractivity contribution in [1.82, 2.24) is 15.5 Å². The van der Waals surface area contributed by atoms with Gasteiger partial charge in [-0.2, -0.15) is 0 Å². The second kappa shape index (κ2) is 7.45. The maximum Gasteiger partial charge on any atom is 0.208 e. The van der Waals surface area contributed by atoms with Gasteiger partial charge in [-0.3, -0.25) is 0 Å². The van der Waals surface area contributed by atoms with Crippen molar-refractivity contribution in [2.45, 2.75) is 29.1 Å². The van der Waals surface area contributed by atoms with Gasteiger partial charge in [-0.05, 0) is 31.2 Å². The first-order valence-corrected chi connectivity index (χ1v) is 8.74. The van der Waals surface area contributed by atoms with Gasteiger partial charge in [0.2, 0.25) is 5.13 Å². The molecule has 0 fully saturated rings. The van der Waals surface area contributed by atoms with E-state index in [1.54, 1.807) is 23.1 Å². The Morgan fingerprint density at radius 1 is 1.38 bits per heavy atom. The van der Waals surface area contributed by atoms with Crippen LogP contribution in [0.25, 0.3) is 0 Å². The number of hydrogen-bond acceptors (Lipinski definition) is 6. The summed E-state index contributed by atoms with van der Waals surface area (Å²) >= 11 is 9.50. The first-order valence-electron chi connectivity index (χ1n) is 6.72. The van der Waals surface area contributed by atoms with Crippen LogP contribution in [0.1, 0.15) is 25.5 Å². The van der Waals surface area contributed by atoms with Gasteiger partial charge in [-0.25, -0.2) is 0 Å². The smallest absolute Gasteiger partial charge is 0.208 e.